The summed E-state index contributed by atoms with van der Waals surface area (Å²) in [5.74, 6) is 1.96. The molecular formula is C13H20O2. The van der Waals surface area contributed by atoms with Gasteiger partial charge in [0.1, 0.15) is 0 Å². The van der Waals surface area contributed by atoms with Crippen LogP contribution in [0, 0.1) is 23.2 Å². The van der Waals surface area contributed by atoms with Crippen molar-refractivity contribution < 1.29 is 9.53 Å². The Bertz CT molecular complexity index is 278. The van der Waals surface area contributed by atoms with Crippen LogP contribution in [0.15, 0.2) is 12.7 Å². The van der Waals surface area contributed by atoms with Crippen LogP contribution in [0.4, 0.5) is 0 Å². The van der Waals surface area contributed by atoms with Crippen LogP contribution in [0.25, 0.3) is 0 Å². The van der Waals surface area contributed by atoms with Gasteiger partial charge in [-0.3, -0.25) is 0 Å². The van der Waals surface area contributed by atoms with E-state index in [1.807, 2.05) is 0 Å². The lowest BCUT2D eigenvalue weighted by atomic mass is 9.46. The second-order valence-electron chi connectivity index (χ2n) is 5.53. The van der Waals surface area contributed by atoms with Crippen LogP contribution in [0.5, 0.6) is 0 Å². The topological polar surface area (TPSA) is 26.3 Å². The fraction of sp³-hybridized carbons (Fsp3) is 0.769. The number of ether oxygens (including phenoxy) is 1. The van der Waals surface area contributed by atoms with Crippen molar-refractivity contribution in [3.63, 3.8) is 0 Å². The summed E-state index contributed by atoms with van der Waals surface area (Å²) in [5.41, 5.74) is 0.476. The molecule has 0 aromatic heterocycles. The minimum absolute atomic E-state index is 0.283. The van der Waals surface area contributed by atoms with Gasteiger partial charge in [-0.1, -0.05) is 20.4 Å². The molecule has 0 spiro atoms. The molecule has 0 heterocycles. The minimum Gasteiger partial charge on any atom is -0.462 e. The predicted octanol–water partition coefficient (Wildman–Crippen LogP) is 2.79. The molecule has 3 rings (SSSR count). The third-order valence-corrected chi connectivity index (χ3v) is 4.61. The fourth-order valence-corrected chi connectivity index (χ4v) is 3.41. The highest BCUT2D eigenvalue weighted by molar-refractivity contribution is 5.81. The molecule has 0 radical (unpaired) electrons. The molecule has 3 atom stereocenters. The minimum atomic E-state index is -0.283. The zero-order valence-electron chi connectivity index (χ0n) is 9.66. The molecule has 0 aromatic carbocycles. The first-order valence-corrected chi connectivity index (χ1v) is 5.85. The molecule has 2 heteroatoms. The van der Waals surface area contributed by atoms with Crippen LogP contribution < -0.4 is 0 Å². The van der Waals surface area contributed by atoms with Gasteiger partial charge in [-0.25, -0.2) is 4.79 Å². The molecule has 3 fully saturated rings. The van der Waals surface area contributed by atoms with Gasteiger partial charge in [0.2, 0.25) is 0 Å². The van der Waals surface area contributed by atoms with E-state index in [9.17, 15) is 4.79 Å². The zero-order chi connectivity index (χ0) is 11.1. The molecular weight excluding hydrogens is 188 g/mol. The number of hydrogen-bond donors (Lipinski definition) is 0. The van der Waals surface area contributed by atoms with Crippen LogP contribution in [-0.4, -0.2) is 12.6 Å². The Kier molecular flexibility index (Phi) is 2.61. The first-order valence-electron chi connectivity index (χ1n) is 5.85. The largest absolute Gasteiger partial charge is 0.462 e. The summed E-state index contributed by atoms with van der Waals surface area (Å²) >= 11 is 0. The Hall–Kier alpha value is -0.790. The summed E-state index contributed by atoms with van der Waals surface area (Å²) in [7, 11) is 0. The molecule has 2 bridgehead atoms. The molecule has 0 amide bonds. The van der Waals surface area contributed by atoms with Crippen molar-refractivity contribution in [2.24, 2.45) is 23.2 Å². The highest BCUT2D eigenvalue weighted by Gasteiger charge is 2.54. The van der Waals surface area contributed by atoms with Crippen LogP contribution in [-0.2, 0) is 9.53 Å². The van der Waals surface area contributed by atoms with Crippen molar-refractivity contribution in [2.45, 2.75) is 33.1 Å². The van der Waals surface area contributed by atoms with E-state index in [0.29, 0.717) is 17.9 Å². The number of fused-ring (bicyclic) bond motifs is 2. The number of carbonyl (C=O) groups is 1. The Morgan fingerprint density at radius 2 is 2.27 bits per heavy atom. The molecule has 0 aromatic rings. The summed E-state index contributed by atoms with van der Waals surface area (Å²) < 4.78 is 5.16. The lowest BCUT2D eigenvalue weighted by molar-refractivity contribution is -0.151. The molecule has 0 unspecified atom stereocenters. The van der Waals surface area contributed by atoms with Crippen LogP contribution in [0.2, 0.25) is 0 Å². The van der Waals surface area contributed by atoms with E-state index in [2.05, 4.69) is 20.4 Å². The molecule has 0 saturated heterocycles. The molecule has 84 valence electrons. The van der Waals surface area contributed by atoms with Gasteiger partial charge in [0.25, 0.3) is 0 Å². The summed E-state index contributed by atoms with van der Waals surface area (Å²) in [6.45, 7) is 8.71. The lowest BCUT2D eigenvalue weighted by Gasteiger charge is -2.60. The number of rotatable bonds is 3. The van der Waals surface area contributed by atoms with Crippen molar-refractivity contribution in [1.82, 2.24) is 0 Å². The van der Waals surface area contributed by atoms with Gasteiger partial charge in [-0.15, -0.1) is 0 Å². The highest BCUT2D eigenvalue weighted by atomic mass is 16.5. The predicted molar refractivity (Wildman–Crippen MR) is 59.3 cm³/mol. The summed E-state index contributed by atoms with van der Waals surface area (Å²) in [4.78, 5) is 11.0. The van der Waals surface area contributed by atoms with Gasteiger partial charge in [0, 0.05) is 6.08 Å². The maximum atomic E-state index is 11.0. The smallest absolute Gasteiger partial charge is 0.330 e. The number of esters is 1. The van der Waals surface area contributed by atoms with Crippen molar-refractivity contribution in [3.05, 3.63) is 12.7 Å². The Morgan fingerprint density at radius 1 is 1.53 bits per heavy atom. The summed E-state index contributed by atoms with van der Waals surface area (Å²) in [5, 5.41) is 0. The lowest BCUT2D eigenvalue weighted by Crippen LogP contribution is -2.53. The van der Waals surface area contributed by atoms with Gasteiger partial charge in [0.05, 0.1) is 6.61 Å². The second kappa shape index (κ2) is 3.66. The van der Waals surface area contributed by atoms with E-state index in [1.54, 1.807) is 0 Å². The fourth-order valence-electron chi connectivity index (χ4n) is 3.41. The van der Waals surface area contributed by atoms with Crippen molar-refractivity contribution in [1.29, 1.82) is 0 Å². The first kappa shape index (κ1) is 10.7. The van der Waals surface area contributed by atoms with E-state index >= 15 is 0 Å². The van der Waals surface area contributed by atoms with E-state index in [-0.39, 0.29) is 5.97 Å². The Labute approximate surface area is 91.7 Å². The standard InChI is InChI=1S/C13H20O2/c1-4-12(14)15-8-9-5-6-10-7-11(9)13(10,2)3/h4,9-11H,1,5-8H2,2-3H3/t9-,10-,11-/m0/s1. The van der Waals surface area contributed by atoms with E-state index in [1.165, 1.54) is 25.3 Å². The van der Waals surface area contributed by atoms with Crippen molar-refractivity contribution >= 4 is 5.97 Å². The van der Waals surface area contributed by atoms with Gasteiger partial charge < -0.3 is 4.74 Å². The van der Waals surface area contributed by atoms with Crippen molar-refractivity contribution in [3.8, 4) is 0 Å². The van der Waals surface area contributed by atoms with Crippen LogP contribution in [0.3, 0.4) is 0 Å². The van der Waals surface area contributed by atoms with Crippen LogP contribution in [0.1, 0.15) is 33.1 Å². The van der Waals surface area contributed by atoms with E-state index in [0.717, 1.165) is 11.8 Å². The van der Waals surface area contributed by atoms with E-state index in [4.69, 9.17) is 4.74 Å². The summed E-state index contributed by atoms with van der Waals surface area (Å²) in [6, 6.07) is 0. The summed E-state index contributed by atoms with van der Waals surface area (Å²) in [6.07, 6.45) is 5.11. The SMILES string of the molecule is C=CC(=O)OC[C@@H]1CC[C@H]2C[C@@H]1C2(C)C. The zero-order valence-corrected chi connectivity index (χ0v) is 9.66. The van der Waals surface area contributed by atoms with E-state index < -0.39 is 0 Å². The molecule has 15 heavy (non-hydrogen) atoms. The third-order valence-electron chi connectivity index (χ3n) is 4.61. The van der Waals surface area contributed by atoms with Gasteiger partial charge in [0.15, 0.2) is 0 Å². The first-order chi connectivity index (χ1) is 7.05. The van der Waals surface area contributed by atoms with Gasteiger partial charge in [-0.2, -0.15) is 0 Å². The maximum absolute atomic E-state index is 11.0. The number of hydrogen-bond acceptors (Lipinski definition) is 2. The quantitative estimate of drug-likeness (QED) is 0.526. The second-order valence-corrected chi connectivity index (χ2v) is 5.53. The molecule has 0 aliphatic heterocycles. The molecule has 3 saturated carbocycles. The monoisotopic (exact) mass is 208 g/mol. The molecule has 0 N–H and O–H groups in total. The van der Waals surface area contributed by atoms with Gasteiger partial charge >= 0.3 is 5.97 Å². The maximum Gasteiger partial charge on any atom is 0.330 e. The van der Waals surface area contributed by atoms with Gasteiger partial charge in [-0.05, 0) is 42.4 Å². The normalized spacial score (nSPS) is 36.5. The average molecular weight is 208 g/mol. The third kappa shape index (κ3) is 1.70. The molecule has 3 aliphatic carbocycles. The molecule has 3 aliphatic rings. The molecule has 2 nitrogen and oxygen atoms in total. The highest BCUT2D eigenvalue weighted by Crippen LogP contribution is 2.61. The Balaban J connectivity index is 1.88. The van der Waals surface area contributed by atoms with Crippen molar-refractivity contribution in [2.75, 3.05) is 6.61 Å². The average Bonchev–Trinajstić information content (AvgIpc) is 2.25. The van der Waals surface area contributed by atoms with Crippen LogP contribution >= 0.6 is 0 Å². The number of carbonyl (C=O) groups excluding carboxylic acids is 1. The Morgan fingerprint density at radius 3 is 2.80 bits per heavy atom.